The molecule has 43 heavy (non-hydrogen) atoms. The Morgan fingerprint density at radius 3 is 2.19 bits per heavy atom. The van der Waals surface area contributed by atoms with E-state index in [1.54, 1.807) is 39.8 Å². The smallest absolute Gasteiger partial charge is 0.494 e. The summed E-state index contributed by atoms with van der Waals surface area (Å²) in [5.41, 5.74) is -4.60. The number of halogens is 3. The van der Waals surface area contributed by atoms with Crippen LogP contribution in [0.3, 0.4) is 0 Å². The number of nitrogens with zero attached hydrogens (tertiary/aromatic N) is 1. The molecule has 2 heterocycles. The number of alkyl halides is 3. The summed E-state index contributed by atoms with van der Waals surface area (Å²) in [6.07, 6.45) is 1.25. The zero-order valence-electron chi connectivity index (χ0n) is 24.7. The first-order valence-electron chi connectivity index (χ1n) is 13.8. The molecule has 14 heteroatoms. The first kappa shape index (κ1) is 31.6. The molecule has 1 fully saturated rings. The molecule has 5 rings (SSSR count). The van der Waals surface area contributed by atoms with Crippen LogP contribution in [0.1, 0.15) is 62.9 Å². The first-order chi connectivity index (χ1) is 19.8. The molecular weight excluding hydrogens is 611 g/mol. The molecule has 0 unspecified atom stereocenters. The number of ether oxygens (including phenoxy) is 3. The van der Waals surface area contributed by atoms with Crippen LogP contribution in [0.15, 0.2) is 35.2 Å². The summed E-state index contributed by atoms with van der Waals surface area (Å²) < 4.78 is 117. The lowest BCUT2D eigenvalue weighted by Gasteiger charge is -2.25. The van der Waals surface area contributed by atoms with Gasteiger partial charge in [0.15, 0.2) is 11.5 Å². The third-order valence-electron chi connectivity index (χ3n) is 7.88. The fourth-order valence-electron chi connectivity index (χ4n) is 6.07. The highest BCUT2D eigenvalue weighted by Crippen LogP contribution is 2.48. The van der Waals surface area contributed by atoms with Gasteiger partial charge in [-0.3, -0.25) is 0 Å². The molecule has 1 aliphatic carbocycles. The van der Waals surface area contributed by atoms with Crippen LogP contribution < -0.4 is 8.92 Å². The molecule has 3 aromatic rings. The van der Waals surface area contributed by atoms with E-state index in [1.807, 2.05) is 6.92 Å². The highest BCUT2D eigenvalue weighted by Gasteiger charge is 2.51. The van der Waals surface area contributed by atoms with Gasteiger partial charge in [0.2, 0.25) is 0 Å². The van der Waals surface area contributed by atoms with E-state index in [2.05, 4.69) is 0 Å². The van der Waals surface area contributed by atoms with Crippen LogP contribution in [0.4, 0.5) is 13.2 Å². The fraction of sp³-hybridized carbons (Fsp3) is 0.517. The maximum absolute atomic E-state index is 14.2. The number of hydrogen-bond donors (Lipinski definition) is 0. The second-order valence-corrected chi connectivity index (χ2v) is 15.2. The van der Waals surface area contributed by atoms with Crippen molar-refractivity contribution in [2.24, 2.45) is 0 Å². The predicted octanol–water partition coefficient (Wildman–Crippen LogP) is 5.78. The zero-order chi connectivity index (χ0) is 31.8. The molecule has 0 radical (unpaired) electrons. The Morgan fingerprint density at radius 2 is 1.63 bits per heavy atom. The standard InChI is InChI=1S/C29H34F3NO8S2/c1-17-11-13-18(14-12-17)42(34,35)33-21-10-8-7-9-19(21)25-20(15-24-27(2,3)41-28(4,5)39-24)22(16-23(38-6)26(25)33)40-43(36,37)29(30,31)32/h11-14,16,24H,7-10,15H2,1-6H3/t24-/m1/s1. The lowest BCUT2D eigenvalue weighted by molar-refractivity contribution is -0.157. The van der Waals surface area contributed by atoms with Gasteiger partial charge in [-0.05, 0) is 78.0 Å². The minimum absolute atomic E-state index is 0.0161. The van der Waals surface area contributed by atoms with Gasteiger partial charge in [0.05, 0.1) is 23.7 Å². The lowest BCUT2D eigenvalue weighted by Crippen LogP contribution is -2.35. The van der Waals surface area contributed by atoms with E-state index in [1.165, 1.54) is 23.2 Å². The van der Waals surface area contributed by atoms with Crippen LogP contribution in [0.25, 0.3) is 10.9 Å². The average Bonchev–Trinajstić information content (AvgIpc) is 3.34. The average molecular weight is 646 g/mol. The summed E-state index contributed by atoms with van der Waals surface area (Å²) in [5.74, 6) is -1.82. The largest absolute Gasteiger partial charge is 0.534 e. The van der Waals surface area contributed by atoms with E-state index in [0.29, 0.717) is 36.9 Å². The molecule has 0 saturated carbocycles. The molecule has 1 atom stereocenters. The van der Waals surface area contributed by atoms with Gasteiger partial charge in [0.25, 0.3) is 10.0 Å². The molecule has 236 valence electrons. The van der Waals surface area contributed by atoms with E-state index in [-0.39, 0.29) is 33.5 Å². The van der Waals surface area contributed by atoms with Crippen molar-refractivity contribution in [2.75, 3.05) is 7.11 Å². The molecule has 0 N–H and O–H groups in total. The summed E-state index contributed by atoms with van der Waals surface area (Å²) in [6.45, 7) is 8.71. The van der Waals surface area contributed by atoms with E-state index < -0.39 is 48.9 Å². The summed E-state index contributed by atoms with van der Waals surface area (Å²) in [7, 11) is -9.10. The van der Waals surface area contributed by atoms with E-state index in [4.69, 9.17) is 18.4 Å². The van der Waals surface area contributed by atoms with Crippen molar-refractivity contribution in [2.45, 2.75) is 94.6 Å². The number of aryl methyl sites for hydroxylation is 2. The Hall–Kier alpha value is -2.81. The quantitative estimate of drug-likeness (QED) is 0.235. The van der Waals surface area contributed by atoms with Crippen LogP contribution in [-0.4, -0.2) is 50.9 Å². The molecule has 0 amide bonds. The van der Waals surface area contributed by atoms with Crippen molar-refractivity contribution in [3.8, 4) is 11.5 Å². The van der Waals surface area contributed by atoms with E-state index in [9.17, 15) is 30.0 Å². The van der Waals surface area contributed by atoms with Crippen LogP contribution in [0.5, 0.6) is 11.5 Å². The monoisotopic (exact) mass is 645 g/mol. The summed E-state index contributed by atoms with van der Waals surface area (Å²) in [5, 5.41) is 0.265. The summed E-state index contributed by atoms with van der Waals surface area (Å²) in [4.78, 5) is 0.0161. The number of methoxy groups -OCH3 is 1. The van der Waals surface area contributed by atoms with E-state index in [0.717, 1.165) is 11.6 Å². The van der Waals surface area contributed by atoms with Gasteiger partial charge < -0.3 is 18.4 Å². The van der Waals surface area contributed by atoms with Crippen molar-refractivity contribution >= 4 is 31.0 Å². The number of aromatic nitrogens is 1. The first-order valence-corrected chi connectivity index (χ1v) is 16.6. The predicted molar refractivity (Wildman–Crippen MR) is 152 cm³/mol. The van der Waals surface area contributed by atoms with Gasteiger partial charge in [-0.15, -0.1) is 0 Å². The van der Waals surface area contributed by atoms with Gasteiger partial charge in [0.1, 0.15) is 11.3 Å². The Morgan fingerprint density at radius 1 is 1.00 bits per heavy atom. The van der Waals surface area contributed by atoms with Gasteiger partial charge in [-0.2, -0.15) is 21.6 Å². The third-order valence-corrected chi connectivity index (χ3v) is 10.6. The zero-order valence-corrected chi connectivity index (χ0v) is 26.3. The molecule has 1 saturated heterocycles. The highest BCUT2D eigenvalue weighted by molar-refractivity contribution is 7.90. The van der Waals surface area contributed by atoms with Gasteiger partial charge in [0, 0.05) is 29.1 Å². The van der Waals surface area contributed by atoms with Gasteiger partial charge in [-0.1, -0.05) is 17.7 Å². The van der Waals surface area contributed by atoms with Crippen molar-refractivity contribution in [3.05, 3.63) is 52.7 Å². The van der Waals surface area contributed by atoms with Crippen molar-refractivity contribution in [1.82, 2.24) is 3.97 Å². The molecule has 2 aliphatic rings. The summed E-state index contributed by atoms with van der Waals surface area (Å²) in [6, 6.07) is 7.31. The van der Waals surface area contributed by atoms with Crippen molar-refractivity contribution < 1.29 is 48.4 Å². The Kier molecular flexibility index (Phi) is 7.63. The molecule has 1 aliphatic heterocycles. The Labute approximate surface area is 249 Å². The molecule has 1 aromatic heterocycles. The highest BCUT2D eigenvalue weighted by atomic mass is 32.2. The molecular formula is C29H34F3NO8S2. The van der Waals surface area contributed by atoms with Crippen LogP contribution in [0, 0.1) is 6.92 Å². The molecule has 0 bridgehead atoms. The molecule has 9 nitrogen and oxygen atoms in total. The minimum atomic E-state index is -6.09. The number of hydrogen-bond acceptors (Lipinski definition) is 8. The molecule has 2 aromatic carbocycles. The second-order valence-electron chi connectivity index (χ2n) is 11.9. The SMILES string of the molecule is COc1cc(OS(=O)(=O)C(F)(F)F)c(C[C@H]2OC(C)(C)OC2(C)C)c2c3c(n(S(=O)(=O)c4ccc(C)cc4)c12)CCCC3. The summed E-state index contributed by atoms with van der Waals surface area (Å²) >= 11 is 0. The fourth-order valence-corrected chi connectivity index (χ4v) is 8.15. The minimum Gasteiger partial charge on any atom is -0.494 e. The van der Waals surface area contributed by atoms with Crippen LogP contribution in [0.2, 0.25) is 0 Å². The van der Waals surface area contributed by atoms with Crippen molar-refractivity contribution in [1.29, 1.82) is 0 Å². The van der Waals surface area contributed by atoms with Gasteiger partial charge in [-0.25, -0.2) is 12.4 Å². The lowest BCUT2D eigenvalue weighted by atomic mass is 9.89. The Bertz CT molecular complexity index is 1790. The number of fused-ring (bicyclic) bond motifs is 3. The van der Waals surface area contributed by atoms with Gasteiger partial charge >= 0.3 is 15.6 Å². The maximum Gasteiger partial charge on any atom is 0.534 e. The second kappa shape index (κ2) is 10.4. The maximum atomic E-state index is 14.2. The number of rotatable bonds is 7. The molecule has 0 spiro atoms. The van der Waals surface area contributed by atoms with Crippen molar-refractivity contribution in [3.63, 3.8) is 0 Å². The topological polar surface area (TPSA) is 110 Å². The van der Waals surface area contributed by atoms with E-state index >= 15 is 0 Å². The normalized spacial score (nSPS) is 20.3. The Balaban J connectivity index is 1.87. The number of benzene rings is 2. The van der Waals surface area contributed by atoms with Crippen LogP contribution in [-0.2, 0) is 48.9 Å². The third kappa shape index (κ3) is 5.51. The van der Waals surface area contributed by atoms with Crippen LogP contribution >= 0.6 is 0 Å².